The summed E-state index contributed by atoms with van der Waals surface area (Å²) in [6, 6.07) is 25.3. The minimum atomic E-state index is -1.33. The molecule has 7 nitrogen and oxygen atoms in total. The van der Waals surface area contributed by atoms with Crippen molar-refractivity contribution in [3.63, 3.8) is 0 Å². The maximum absolute atomic E-state index is 6.54. The van der Waals surface area contributed by atoms with Gasteiger partial charge in [-0.05, 0) is 36.4 Å². The zero-order valence-electron chi connectivity index (χ0n) is 19.6. The van der Waals surface area contributed by atoms with Gasteiger partial charge < -0.3 is 32.9 Å². The maximum atomic E-state index is 6.54. The second kappa shape index (κ2) is 15.3. The monoisotopic (exact) mass is 486 g/mol. The van der Waals surface area contributed by atoms with Gasteiger partial charge in [-0.15, -0.1) is 0 Å². The first-order chi connectivity index (χ1) is 16.8. The normalized spacial score (nSPS) is 10.9. The van der Waals surface area contributed by atoms with Gasteiger partial charge in [0.05, 0.1) is 37.0 Å². The summed E-state index contributed by atoms with van der Waals surface area (Å²) in [5.41, 5.74) is 0. The molecule has 34 heavy (non-hydrogen) atoms. The van der Waals surface area contributed by atoms with Gasteiger partial charge in [-0.2, -0.15) is 0 Å². The van der Waals surface area contributed by atoms with E-state index >= 15 is 0 Å². The van der Waals surface area contributed by atoms with Crippen LogP contribution in [0, 0.1) is 0 Å². The summed E-state index contributed by atoms with van der Waals surface area (Å²) >= 11 is 0. The predicted octanol–water partition coefficient (Wildman–Crippen LogP) is 4.11. The van der Waals surface area contributed by atoms with Gasteiger partial charge in [0.25, 0.3) is 0 Å². The summed E-state index contributed by atoms with van der Waals surface area (Å²) < 4.78 is 39.5. The van der Waals surface area contributed by atoms with E-state index in [1.165, 1.54) is 0 Å². The van der Waals surface area contributed by atoms with E-state index in [2.05, 4.69) is 0 Å². The van der Waals surface area contributed by atoms with Crippen LogP contribution in [-0.4, -0.2) is 54.2 Å². The Balaban J connectivity index is 1.86. The van der Waals surface area contributed by atoms with Gasteiger partial charge >= 0.3 is 0 Å². The predicted molar refractivity (Wildman–Crippen MR) is 133 cm³/mol. The minimum absolute atomic E-state index is 0.111. The van der Waals surface area contributed by atoms with Gasteiger partial charge in [0.2, 0.25) is 0 Å². The Labute approximate surface area is 202 Å². The summed E-state index contributed by atoms with van der Waals surface area (Å²) in [6.45, 7) is 2.14. The van der Waals surface area contributed by atoms with Crippen LogP contribution in [0.5, 0.6) is 17.2 Å². The van der Waals surface area contributed by atoms with E-state index in [-0.39, 0.29) is 13.6 Å². The Hall–Kier alpha value is -2.67. The quantitative estimate of drug-likeness (QED) is 0.172. The average Bonchev–Trinajstić information content (AvgIpc) is 2.88. The molecule has 0 atom stereocenters. The van der Waals surface area contributed by atoms with Gasteiger partial charge in [0, 0.05) is 14.2 Å². The van der Waals surface area contributed by atoms with Crippen molar-refractivity contribution in [3.8, 4) is 17.2 Å². The highest BCUT2D eigenvalue weighted by Crippen LogP contribution is 2.42. The van der Waals surface area contributed by atoms with Gasteiger partial charge in [0.1, 0.15) is 17.2 Å². The summed E-state index contributed by atoms with van der Waals surface area (Å²) in [5.74, 6) is 2.13. The number of benzene rings is 3. The number of hydrogen-bond acceptors (Lipinski definition) is 7. The van der Waals surface area contributed by atoms with Crippen LogP contribution in [0.2, 0.25) is 0 Å². The van der Waals surface area contributed by atoms with Gasteiger partial charge in [-0.25, -0.2) is 0 Å². The largest absolute Gasteiger partial charge is 0.467 e. The summed E-state index contributed by atoms with van der Waals surface area (Å²) in [4.78, 5) is 0. The third kappa shape index (κ3) is 8.28. The highest BCUT2D eigenvalue weighted by molar-refractivity contribution is 7.69. The second-order valence-electron chi connectivity index (χ2n) is 6.96. The lowest BCUT2D eigenvalue weighted by atomic mass is 10.3. The lowest BCUT2D eigenvalue weighted by Gasteiger charge is -2.23. The Kier molecular flexibility index (Phi) is 11.7. The zero-order valence-corrected chi connectivity index (χ0v) is 20.4. The molecule has 0 bridgehead atoms. The molecule has 0 fully saturated rings. The second-order valence-corrected chi connectivity index (χ2v) is 8.70. The van der Waals surface area contributed by atoms with Crippen molar-refractivity contribution in [2.75, 3.05) is 54.2 Å². The van der Waals surface area contributed by atoms with Crippen LogP contribution in [0.25, 0.3) is 0 Å². The molecule has 0 radical (unpaired) electrons. The molecule has 0 saturated heterocycles. The number of methoxy groups -OCH3 is 2. The Morgan fingerprint density at radius 1 is 0.559 bits per heavy atom. The number of hydrogen-bond donors (Lipinski definition) is 0. The molecule has 3 aromatic rings. The van der Waals surface area contributed by atoms with E-state index in [0.717, 1.165) is 16.4 Å². The van der Waals surface area contributed by atoms with Crippen LogP contribution in [0.3, 0.4) is 0 Å². The molecule has 0 aliphatic carbocycles. The van der Waals surface area contributed by atoms with Crippen LogP contribution in [0.15, 0.2) is 78.9 Å². The van der Waals surface area contributed by atoms with Crippen molar-refractivity contribution in [1.29, 1.82) is 0 Å². The molecule has 3 rings (SSSR count). The average molecular weight is 487 g/mol. The van der Waals surface area contributed by atoms with Crippen LogP contribution >= 0.6 is 8.15 Å². The van der Waals surface area contributed by atoms with Crippen molar-refractivity contribution in [2.45, 2.75) is 0 Å². The molecule has 0 spiro atoms. The first-order valence-corrected chi connectivity index (χ1v) is 12.2. The van der Waals surface area contributed by atoms with E-state index in [1.54, 1.807) is 14.2 Å². The van der Waals surface area contributed by atoms with Gasteiger partial charge in [0.15, 0.2) is 21.7 Å². The number of rotatable bonds is 16. The standard InChI is InChI=1S/C26H31O7P/c1-27-16-18-29-20-31-23-12-6-8-14-25(23)34(33-22-10-4-3-5-11-22)26-15-9-7-13-24(26)32-21-30-19-17-28-2/h3-15H,16-21H2,1-2H3. The molecule has 3 aromatic carbocycles. The van der Waals surface area contributed by atoms with Crippen LogP contribution in [0.1, 0.15) is 0 Å². The molecule has 0 aliphatic heterocycles. The van der Waals surface area contributed by atoms with E-state index in [1.807, 2.05) is 78.9 Å². The first-order valence-electron chi connectivity index (χ1n) is 10.9. The zero-order chi connectivity index (χ0) is 23.8. The summed E-state index contributed by atoms with van der Waals surface area (Å²) in [5, 5.41) is 1.82. The molecule has 182 valence electrons. The van der Waals surface area contributed by atoms with E-state index < -0.39 is 8.15 Å². The first kappa shape index (κ1) is 25.9. The van der Waals surface area contributed by atoms with Gasteiger partial charge in [-0.3, -0.25) is 0 Å². The molecule has 8 heteroatoms. The Bertz CT molecular complexity index is 897. The Morgan fingerprint density at radius 3 is 1.53 bits per heavy atom. The highest BCUT2D eigenvalue weighted by Gasteiger charge is 2.25. The van der Waals surface area contributed by atoms with Crippen molar-refractivity contribution in [3.05, 3.63) is 78.9 Å². The van der Waals surface area contributed by atoms with Crippen LogP contribution < -0.4 is 24.6 Å². The topological polar surface area (TPSA) is 64.6 Å². The SMILES string of the molecule is COCCOCOc1ccccc1P(Oc1ccccc1)c1ccccc1OCOCCOC. The molecule has 0 amide bonds. The van der Waals surface area contributed by atoms with E-state index in [0.29, 0.717) is 37.9 Å². The lowest BCUT2D eigenvalue weighted by molar-refractivity contribution is -0.00804. The fourth-order valence-corrected chi connectivity index (χ4v) is 4.83. The minimum Gasteiger partial charge on any atom is -0.467 e. The summed E-state index contributed by atoms with van der Waals surface area (Å²) in [6.07, 6.45) is 0. The number of ether oxygens (including phenoxy) is 6. The third-order valence-electron chi connectivity index (χ3n) is 4.57. The van der Waals surface area contributed by atoms with Gasteiger partial charge in [-0.1, -0.05) is 42.5 Å². The van der Waals surface area contributed by atoms with Crippen LogP contribution in [-0.2, 0) is 18.9 Å². The third-order valence-corrected chi connectivity index (χ3v) is 6.57. The smallest absolute Gasteiger partial charge is 0.189 e. The van der Waals surface area contributed by atoms with Crippen molar-refractivity contribution in [2.24, 2.45) is 0 Å². The number of para-hydroxylation sites is 3. The Morgan fingerprint density at radius 2 is 1.03 bits per heavy atom. The highest BCUT2D eigenvalue weighted by atomic mass is 31.1. The molecule has 0 unspecified atom stereocenters. The molecule has 0 aliphatic rings. The van der Waals surface area contributed by atoms with Crippen LogP contribution in [0.4, 0.5) is 0 Å². The fourth-order valence-electron chi connectivity index (χ4n) is 2.92. The molecule has 0 saturated carbocycles. The van der Waals surface area contributed by atoms with E-state index in [9.17, 15) is 0 Å². The molecular weight excluding hydrogens is 455 g/mol. The maximum Gasteiger partial charge on any atom is 0.189 e. The van der Waals surface area contributed by atoms with Crippen molar-refractivity contribution >= 4 is 18.8 Å². The lowest BCUT2D eigenvalue weighted by Crippen LogP contribution is -2.21. The van der Waals surface area contributed by atoms with Crippen molar-refractivity contribution < 1.29 is 32.9 Å². The van der Waals surface area contributed by atoms with Crippen molar-refractivity contribution in [1.82, 2.24) is 0 Å². The van der Waals surface area contributed by atoms with E-state index in [4.69, 9.17) is 32.9 Å². The molecule has 0 N–H and O–H groups in total. The summed E-state index contributed by atoms with van der Waals surface area (Å²) in [7, 11) is 1.94. The molecule has 0 heterocycles. The fraction of sp³-hybridized carbons (Fsp3) is 0.308. The molecular formula is C26H31O7P. The molecule has 0 aromatic heterocycles.